The lowest BCUT2D eigenvalue weighted by Crippen LogP contribution is -2.40. The summed E-state index contributed by atoms with van der Waals surface area (Å²) in [5.74, 6) is 0. The van der Waals surface area contributed by atoms with Crippen LogP contribution in [-0.2, 0) is 0 Å². The summed E-state index contributed by atoms with van der Waals surface area (Å²) < 4.78 is 0. The molecule has 2 heteroatoms. The van der Waals surface area contributed by atoms with Gasteiger partial charge in [-0.1, -0.05) is 59.9 Å². The minimum atomic E-state index is -1.53. The van der Waals surface area contributed by atoms with Crippen LogP contribution in [-0.4, -0.2) is 19.3 Å². The highest BCUT2D eigenvalue weighted by Crippen LogP contribution is 2.10. The Labute approximate surface area is 93.5 Å². The Morgan fingerprint density at radius 3 is 2.27 bits per heavy atom. The van der Waals surface area contributed by atoms with Crippen LogP contribution in [0.5, 0.6) is 0 Å². The molecule has 1 aromatic rings. The van der Waals surface area contributed by atoms with Gasteiger partial charge in [0, 0.05) is 0 Å². The molecule has 0 heterocycles. The first-order valence-corrected chi connectivity index (χ1v) is 8.44. The largest absolute Gasteiger partial charge is 0.389 e. The van der Waals surface area contributed by atoms with Crippen LogP contribution in [0.3, 0.4) is 0 Å². The minimum Gasteiger partial charge on any atom is -0.389 e. The van der Waals surface area contributed by atoms with E-state index in [2.05, 4.69) is 43.1 Å². The van der Waals surface area contributed by atoms with Crippen molar-refractivity contribution in [3.63, 3.8) is 0 Å². The van der Waals surface area contributed by atoms with E-state index in [0.717, 1.165) is 5.57 Å². The van der Waals surface area contributed by atoms with E-state index in [1.54, 1.807) is 0 Å². The van der Waals surface area contributed by atoms with Gasteiger partial charge in [0.1, 0.15) is 8.07 Å². The molecule has 0 saturated heterocycles. The lowest BCUT2D eigenvalue weighted by molar-refractivity contribution is 0.231. The second-order valence-electron chi connectivity index (χ2n) is 4.65. The molecule has 1 atom stereocenters. The highest BCUT2D eigenvalue weighted by Gasteiger charge is 2.20. The van der Waals surface area contributed by atoms with Crippen molar-refractivity contribution in [1.82, 2.24) is 0 Å². The van der Waals surface area contributed by atoms with E-state index in [4.69, 9.17) is 0 Å². The maximum atomic E-state index is 9.49. The zero-order valence-corrected chi connectivity index (χ0v) is 11.0. The lowest BCUT2D eigenvalue weighted by atomic mass is 10.2. The second-order valence-corrected chi connectivity index (χ2v) is 8.96. The van der Waals surface area contributed by atoms with Crippen LogP contribution in [0, 0.1) is 0 Å². The van der Waals surface area contributed by atoms with Gasteiger partial charge in [0.2, 0.25) is 0 Å². The molecule has 0 fully saturated rings. The Balaban J connectivity index is 2.99. The van der Waals surface area contributed by atoms with Crippen molar-refractivity contribution in [2.75, 3.05) is 0 Å². The van der Waals surface area contributed by atoms with E-state index in [1.807, 2.05) is 19.9 Å². The first-order chi connectivity index (χ1) is 6.93. The fourth-order valence-corrected chi connectivity index (χ4v) is 4.24. The molecule has 82 valence electrons. The van der Waals surface area contributed by atoms with Gasteiger partial charge in [-0.25, -0.2) is 0 Å². The Morgan fingerprint density at radius 1 is 1.27 bits per heavy atom. The van der Waals surface area contributed by atoms with Crippen molar-refractivity contribution in [2.45, 2.75) is 33.0 Å². The molecule has 1 nitrogen and oxygen atoms in total. The number of aliphatic hydroxyl groups is 1. The first-order valence-electron chi connectivity index (χ1n) is 5.36. The van der Waals surface area contributed by atoms with Crippen LogP contribution >= 0.6 is 0 Å². The number of benzene rings is 1. The molecule has 0 unspecified atom stereocenters. The summed E-state index contributed by atoms with van der Waals surface area (Å²) in [5, 5.41) is 10.9. The molecule has 1 N–H and O–H groups in total. The molecule has 0 amide bonds. The Hall–Kier alpha value is -0.863. The molecule has 0 aliphatic carbocycles. The summed E-state index contributed by atoms with van der Waals surface area (Å²) in [5.41, 5.74) is 3.35. The molecule has 0 saturated carbocycles. The summed E-state index contributed by atoms with van der Waals surface area (Å²) in [6.45, 7) is 8.42. The summed E-state index contributed by atoms with van der Waals surface area (Å²) in [6.07, 6.45) is -0.333. The van der Waals surface area contributed by atoms with Gasteiger partial charge in [-0.15, -0.1) is 0 Å². The van der Waals surface area contributed by atoms with Crippen LogP contribution in [0.2, 0.25) is 13.1 Å². The van der Waals surface area contributed by atoms with Gasteiger partial charge in [-0.2, -0.15) is 0 Å². The highest BCUT2D eigenvalue weighted by atomic mass is 28.3. The fraction of sp³-hybridized carbons (Fsp3) is 0.385. The highest BCUT2D eigenvalue weighted by molar-refractivity contribution is 6.94. The maximum Gasteiger partial charge on any atom is 0.104 e. The third-order valence-electron chi connectivity index (χ3n) is 2.77. The second kappa shape index (κ2) is 4.77. The third-order valence-corrected chi connectivity index (χ3v) is 5.76. The molecule has 0 radical (unpaired) electrons. The molecule has 0 bridgehead atoms. The van der Waals surface area contributed by atoms with Crippen molar-refractivity contribution >= 4 is 13.3 Å². The van der Waals surface area contributed by atoms with Gasteiger partial charge in [0.05, 0.1) is 6.10 Å². The topological polar surface area (TPSA) is 20.2 Å². The minimum absolute atomic E-state index is 0.333. The molecule has 1 rings (SSSR count). The zero-order chi connectivity index (χ0) is 11.5. The Bertz CT molecular complexity index is 339. The van der Waals surface area contributed by atoms with E-state index in [-0.39, 0.29) is 6.10 Å². The molecule has 0 aromatic heterocycles. The first kappa shape index (κ1) is 12.2. The predicted molar refractivity (Wildman–Crippen MR) is 69.0 cm³/mol. The quantitative estimate of drug-likeness (QED) is 0.776. The molecule has 0 aliphatic heterocycles. The smallest absolute Gasteiger partial charge is 0.104 e. The van der Waals surface area contributed by atoms with Crippen molar-refractivity contribution in [1.29, 1.82) is 0 Å². The normalized spacial score (nSPS) is 15.1. The van der Waals surface area contributed by atoms with Gasteiger partial charge in [0.25, 0.3) is 0 Å². The Kier molecular flexibility index (Phi) is 3.88. The van der Waals surface area contributed by atoms with Crippen LogP contribution in [0.15, 0.2) is 41.6 Å². The summed E-state index contributed by atoms with van der Waals surface area (Å²) >= 11 is 0. The third kappa shape index (κ3) is 3.32. The van der Waals surface area contributed by atoms with Crippen LogP contribution < -0.4 is 5.19 Å². The predicted octanol–water partition coefficient (Wildman–Crippen LogP) is 2.47. The van der Waals surface area contributed by atoms with Gasteiger partial charge in [-0.3, -0.25) is 0 Å². The molecule has 0 spiro atoms. The van der Waals surface area contributed by atoms with Gasteiger partial charge in [0.15, 0.2) is 0 Å². The average molecular weight is 220 g/mol. The standard InChI is InChI=1S/C13H20OSi/c1-11(12(2)14)10-15(3,4)13-8-6-5-7-9-13/h5-10,12,14H,1-4H3/b11-10+/t12-/m0/s1. The number of rotatable bonds is 3. The number of aliphatic hydroxyl groups excluding tert-OH is 1. The maximum absolute atomic E-state index is 9.49. The van der Waals surface area contributed by atoms with E-state index < -0.39 is 8.07 Å². The number of hydrogen-bond acceptors (Lipinski definition) is 1. The van der Waals surface area contributed by atoms with Gasteiger partial charge in [-0.05, 0) is 13.8 Å². The molecule has 0 aliphatic rings. The van der Waals surface area contributed by atoms with Crippen molar-refractivity contribution in [2.24, 2.45) is 0 Å². The van der Waals surface area contributed by atoms with Gasteiger partial charge >= 0.3 is 0 Å². The lowest BCUT2D eigenvalue weighted by Gasteiger charge is -2.20. The van der Waals surface area contributed by atoms with Crippen molar-refractivity contribution < 1.29 is 5.11 Å². The average Bonchev–Trinajstić information content (AvgIpc) is 2.18. The fourth-order valence-electron chi connectivity index (χ4n) is 1.64. The molecular formula is C13H20OSi. The monoisotopic (exact) mass is 220 g/mol. The van der Waals surface area contributed by atoms with Crippen LogP contribution in [0.25, 0.3) is 0 Å². The number of hydrogen-bond donors (Lipinski definition) is 1. The molecule has 1 aromatic carbocycles. The van der Waals surface area contributed by atoms with E-state index in [9.17, 15) is 5.11 Å². The molecular weight excluding hydrogens is 200 g/mol. The Morgan fingerprint density at radius 2 is 1.80 bits per heavy atom. The van der Waals surface area contributed by atoms with Crippen LogP contribution in [0.4, 0.5) is 0 Å². The summed E-state index contributed by atoms with van der Waals surface area (Å²) in [7, 11) is -1.53. The summed E-state index contributed by atoms with van der Waals surface area (Å²) in [6, 6.07) is 10.6. The van der Waals surface area contributed by atoms with Crippen molar-refractivity contribution in [3.05, 3.63) is 41.6 Å². The summed E-state index contributed by atoms with van der Waals surface area (Å²) in [4.78, 5) is 0. The van der Waals surface area contributed by atoms with Crippen LogP contribution in [0.1, 0.15) is 13.8 Å². The van der Waals surface area contributed by atoms with E-state index >= 15 is 0 Å². The molecule has 15 heavy (non-hydrogen) atoms. The van der Waals surface area contributed by atoms with E-state index in [0.29, 0.717) is 0 Å². The SMILES string of the molecule is C/C(=C\[Si](C)(C)c1ccccc1)[C@H](C)O. The van der Waals surface area contributed by atoms with E-state index in [1.165, 1.54) is 5.19 Å². The van der Waals surface area contributed by atoms with Gasteiger partial charge < -0.3 is 5.11 Å². The van der Waals surface area contributed by atoms with Crippen molar-refractivity contribution in [3.8, 4) is 0 Å². The zero-order valence-electron chi connectivity index (χ0n) is 9.99.